The van der Waals surface area contributed by atoms with Crippen molar-refractivity contribution in [2.45, 2.75) is 35.9 Å². The number of carbonyl (C=O) groups is 1. The van der Waals surface area contributed by atoms with E-state index in [9.17, 15) is 4.79 Å². The highest BCUT2D eigenvalue weighted by Crippen LogP contribution is 2.45. The summed E-state index contributed by atoms with van der Waals surface area (Å²) in [6.45, 7) is 1.90. The molecule has 3 aromatic carbocycles. The van der Waals surface area contributed by atoms with Gasteiger partial charge in [0.1, 0.15) is 6.33 Å². The van der Waals surface area contributed by atoms with Crippen LogP contribution in [-0.2, 0) is 6.54 Å². The Bertz CT molecular complexity index is 2430. The molecule has 16 nitrogen and oxygen atoms in total. The second-order valence-corrected chi connectivity index (χ2v) is 15.0. The first kappa shape index (κ1) is 38.0. The van der Waals surface area contributed by atoms with Crippen LogP contribution in [0.1, 0.15) is 19.3 Å². The summed E-state index contributed by atoms with van der Waals surface area (Å²) in [7, 11) is 6.16. The lowest BCUT2D eigenvalue weighted by atomic mass is 9.94. The van der Waals surface area contributed by atoms with E-state index in [1.165, 1.54) is 25.2 Å². The van der Waals surface area contributed by atoms with Crippen LogP contribution >= 0.6 is 27.7 Å². The number of rotatable bonds is 12. The summed E-state index contributed by atoms with van der Waals surface area (Å²) in [6, 6.07) is 12.7. The van der Waals surface area contributed by atoms with Gasteiger partial charge < -0.3 is 52.9 Å². The van der Waals surface area contributed by atoms with Crippen LogP contribution in [0.25, 0.3) is 33.6 Å². The average molecular weight is 861 g/mol. The summed E-state index contributed by atoms with van der Waals surface area (Å²) in [5.74, 6) is 4.56. The van der Waals surface area contributed by atoms with Crippen molar-refractivity contribution < 1.29 is 42.5 Å². The molecule has 2 aliphatic rings. The Labute approximate surface area is 339 Å². The summed E-state index contributed by atoms with van der Waals surface area (Å²) in [6.07, 6.45) is 5.03. The lowest BCUT2D eigenvalue weighted by Gasteiger charge is -2.31. The van der Waals surface area contributed by atoms with Crippen LogP contribution in [0.2, 0.25) is 0 Å². The van der Waals surface area contributed by atoms with Crippen molar-refractivity contribution in [1.29, 1.82) is 0 Å². The van der Waals surface area contributed by atoms with Crippen molar-refractivity contribution in [3.8, 4) is 62.7 Å². The van der Waals surface area contributed by atoms with Crippen LogP contribution in [-0.4, -0.2) is 84.0 Å². The van der Waals surface area contributed by atoms with Gasteiger partial charge in [-0.25, -0.2) is 19.7 Å². The van der Waals surface area contributed by atoms with E-state index in [2.05, 4.69) is 35.6 Å². The van der Waals surface area contributed by atoms with Gasteiger partial charge in [-0.2, -0.15) is 0 Å². The number of ether oxygens (including phenoxy) is 7. The van der Waals surface area contributed by atoms with E-state index in [0.717, 1.165) is 33.8 Å². The number of piperidine rings is 1. The van der Waals surface area contributed by atoms with Crippen molar-refractivity contribution in [3.63, 3.8) is 0 Å². The first-order chi connectivity index (χ1) is 27.8. The number of nitrogen functional groups attached to an aromatic ring is 1. The lowest BCUT2D eigenvalue weighted by molar-refractivity contribution is 0.127. The Morgan fingerprint density at radius 1 is 0.912 bits per heavy atom. The normalized spacial score (nSPS) is 13.9. The Morgan fingerprint density at radius 2 is 1.63 bits per heavy atom. The first-order valence-corrected chi connectivity index (χ1v) is 19.5. The van der Waals surface area contributed by atoms with E-state index < -0.39 is 6.09 Å². The molecule has 3 aromatic heterocycles. The number of fused-ring (bicyclic) bond motifs is 2. The quantitative estimate of drug-likeness (QED) is 0.126. The molecule has 296 valence electrons. The van der Waals surface area contributed by atoms with Gasteiger partial charge in [-0.15, -0.1) is 0 Å². The number of nitrogens with zero attached hydrogens (tertiary/aromatic N) is 6. The minimum atomic E-state index is -0.458. The summed E-state index contributed by atoms with van der Waals surface area (Å²) in [4.78, 5) is 29.8. The van der Waals surface area contributed by atoms with Gasteiger partial charge in [0.05, 0.1) is 34.6 Å². The Hall–Kier alpha value is -5.88. The van der Waals surface area contributed by atoms with E-state index in [0.29, 0.717) is 99.5 Å². The number of carbonyl (C=O) groups excluding carboxylic acids is 1. The molecular formula is C39H38BrN7O9S. The van der Waals surface area contributed by atoms with Crippen LogP contribution in [0.3, 0.4) is 0 Å². The molecule has 0 bridgehead atoms. The highest BCUT2D eigenvalue weighted by Gasteiger charge is 2.28. The molecule has 8 rings (SSSR count). The van der Waals surface area contributed by atoms with Crippen LogP contribution in [0.4, 0.5) is 10.6 Å². The number of halogens is 1. The molecular weight excluding hydrogens is 822 g/mol. The molecule has 0 saturated carbocycles. The van der Waals surface area contributed by atoms with Crippen LogP contribution in [0.15, 0.2) is 74.0 Å². The van der Waals surface area contributed by atoms with Gasteiger partial charge in [0.15, 0.2) is 62.4 Å². The number of imidazole rings is 1. The van der Waals surface area contributed by atoms with Gasteiger partial charge in [0, 0.05) is 40.1 Å². The zero-order valence-corrected chi connectivity index (χ0v) is 33.8. The number of benzene rings is 3. The molecule has 1 saturated heterocycles. The van der Waals surface area contributed by atoms with Crippen LogP contribution < -0.4 is 38.9 Å². The molecule has 0 unspecified atom stereocenters. The van der Waals surface area contributed by atoms with Crippen molar-refractivity contribution in [2.24, 2.45) is 5.92 Å². The summed E-state index contributed by atoms with van der Waals surface area (Å²) < 4.78 is 47.9. The largest absolute Gasteiger partial charge is 0.493 e. The molecule has 0 spiro atoms. The highest BCUT2D eigenvalue weighted by molar-refractivity contribution is 9.10. The number of methoxy groups -OCH3 is 4. The topological polar surface area (TPSA) is 181 Å². The van der Waals surface area contributed by atoms with Gasteiger partial charge in [0.2, 0.25) is 12.5 Å². The maximum atomic E-state index is 13.6. The number of amides is 1. The Morgan fingerprint density at radius 3 is 2.35 bits per heavy atom. The van der Waals surface area contributed by atoms with Crippen molar-refractivity contribution in [2.75, 3.05) is 54.1 Å². The van der Waals surface area contributed by atoms with E-state index >= 15 is 0 Å². The van der Waals surface area contributed by atoms with Gasteiger partial charge in [-0.05, 0) is 83.1 Å². The second-order valence-electron chi connectivity index (χ2n) is 13.2. The van der Waals surface area contributed by atoms with Crippen molar-refractivity contribution in [1.82, 2.24) is 29.6 Å². The van der Waals surface area contributed by atoms with Crippen LogP contribution in [0.5, 0.6) is 40.2 Å². The number of nitrogens with two attached hydrogens (primary N) is 1. The minimum Gasteiger partial charge on any atom is -0.493 e. The zero-order chi connectivity index (χ0) is 39.6. The molecule has 2 aliphatic heterocycles. The molecule has 0 aliphatic carbocycles. The fourth-order valence-corrected chi connectivity index (χ4v) is 8.46. The van der Waals surface area contributed by atoms with E-state index in [-0.39, 0.29) is 12.5 Å². The van der Waals surface area contributed by atoms with Crippen molar-refractivity contribution >= 4 is 50.8 Å². The lowest BCUT2D eigenvalue weighted by Crippen LogP contribution is -2.40. The van der Waals surface area contributed by atoms with Crippen LogP contribution in [0, 0.1) is 5.92 Å². The summed E-state index contributed by atoms with van der Waals surface area (Å²) >= 11 is 5.14. The molecule has 6 aromatic rings. The predicted octanol–water partition coefficient (Wildman–Crippen LogP) is 7.71. The van der Waals surface area contributed by atoms with E-state index in [1.54, 1.807) is 56.7 Å². The number of likely N-dealkylation sites (tertiary alicyclic amines) is 1. The monoisotopic (exact) mass is 859 g/mol. The molecule has 1 amide bonds. The maximum absolute atomic E-state index is 13.6. The molecule has 5 heterocycles. The SMILES string of the molecule is COc1ccc(-c2cnoc2-c2cc(OC)c(OC)c(OC)c2)cc1OC(=O)N1CCC(CCn2c(Sc3cc4c(cc3Br)OCO4)nc3c(N)ncnc32)CC1. The number of hydrogen-bond acceptors (Lipinski definition) is 15. The predicted molar refractivity (Wildman–Crippen MR) is 213 cm³/mol. The first-order valence-electron chi connectivity index (χ1n) is 17.9. The van der Waals surface area contributed by atoms with Gasteiger partial charge >= 0.3 is 6.09 Å². The third-order valence-electron chi connectivity index (χ3n) is 9.96. The summed E-state index contributed by atoms with van der Waals surface area (Å²) in [5, 5.41) is 4.80. The zero-order valence-electron chi connectivity index (χ0n) is 31.4. The fourth-order valence-electron chi connectivity index (χ4n) is 6.95. The third kappa shape index (κ3) is 7.53. The average Bonchev–Trinajstić information content (AvgIpc) is 3.99. The number of aromatic nitrogens is 5. The number of aryl methyl sites for hydroxylation is 1. The van der Waals surface area contributed by atoms with Crippen molar-refractivity contribution in [3.05, 3.63) is 59.5 Å². The van der Waals surface area contributed by atoms with Gasteiger partial charge in [-0.3, -0.25) is 0 Å². The fraction of sp³-hybridized carbons (Fsp3) is 0.308. The number of anilines is 1. The van der Waals surface area contributed by atoms with E-state index in [4.69, 9.17) is 48.4 Å². The Kier molecular flexibility index (Phi) is 10.9. The molecule has 0 radical (unpaired) electrons. The third-order valence-corrected chi connectivity index (χ3v) is 11.9. The standard InChI is InChI=1S/C39H38BrN7O9S/c1-49-26-6-5-22(24-18-44-56-34(24)23-14-30(50-2)35(52-4)31(15-23)51-3)13-29(26)55-39(48)46-10-7-21(8-11-46)9-12-47-37-33(36(41)42-19-43-37)45-38(47)57-32-17-28-27(16-25(32)40)53-20-54-28/h5-6,13-19,21H,7-12,20H2,1-4H3,(H2,41,42,43). The molecule has 0 atom stereocenters. The summed E-state index contributed by atoms with van der Waals surface area (Å²) in [5.41, 5.74) is 9.46. The Balaban J connectivity index is 0.942. The minimum absolute atomic E-state index is 0.183. The molecule has 2 N–H and O–H groups in total. The number of hydrogen-bond donors (Lipinski definition) is 1. The smallest absolute Gasteiger partial charge is 0.415 e. The second kappa shape index (κ2) is 16.3. The van der Waals surface area contributed by atoms with E-state index in [1.807, 2.05) is 18.2 Å². The molecule has 1 fully saturated rings. The highest BCUT2D eigenvalue weighted by atomic mass is 79.9. The van der Waals surface area contributed by atoms with Gasteiger partial charge in [0.25, 0.3) is 0 Å². The molecule has 18 heteroatoms. The molecule has 57 heavy (non-hydrogen) atoms. The van der Waals surface area contributed by atoms with Gasteiger partial charge in [-0.1, -0.05) is 23.0 Å². The maximum Gasteiger partial charge on any atom is 0.415 e.